The van der Waals surface area contributed by atoms with E-state index in [2.05, 4.69) is 17.3 Å². The Bertz CT molecular complexity index is 879. The minimum atomic E-state index is -0.639. The van der Waals surface area contributed by atoms with Gasteiger partial charge in [0, 0.05) is 18.2 Å². The molecule has 8 heteroatoms. The van der Waals surface area contributed by atoms with Crippen LogP contribution in [0.5, 0.6) is 0 Å². The highest BCUT2D eigenvalue weighted by Crippen LogP contribution is 2.28. The molecule has 0 aliphatic carbocycles. The summed E-state index contributed by atoms with van der Waals surface area (Å²) in [4.78, 5) is 26.5. The number of amides is 3. The van der Waals surface area contributed by atoms with Crippen molar-refractivity contribution >= 4 is 11.9 Å². The highest BCUT2D eigenvalue weighted by Gasteiger charge is 2.30. The monoisotopic (exact) mass is 387 g/mol. The molecule has 1 aliphatic rings. The van der Waals surface area contributed by atoms with Gasteiger partial charge in [-0.2, -0.15) is 5.10 Å². The molecule has 1 aromatic heterocycles. The minimum absolute atomic E-state index is 0.128. The molecule has 2 aromatic rings. The van der Waals surface area contributed by atoms with Gasteiger partial charge in [0.2, 0.25) is 0 Å². The van der Waals surface area contributed by atoms with Gasteiger partial charge in [-0.25, -0.2) is 9.18 Å². The molecule has 1 atom stereocenters. The van der Waals surface area contributed by atoms with Crippen LogP contribution in [0.25, 0.3) is 11.3 Å². The van der Waals surface area contributed by atoms with Crippen molar-refractivity contribution < 1.29 is 14.0 Å². The van der Waals surface area contributed by atoms with Crippen molar-refractivity contribution in [2.45, 2.75) is 52.2 Å². The van der Waals surface area contributed by atoms with Crippen LogP contribution in [0.2, 0.25) is 0 Å². The standard InChI is InChI=1S/C20H26FN5O2/c1-3-6-15(4-2)23-20(28)25-9-10-26-16(12-25)17(19(22)27)18(24-26)13-7-5-8-14(21)11-13/h5,7-8,11,15H,3-4,6,9-10,12H2,1-2H3,(H2,22,27)(H,23,28). The fourth-order valence-corrected chi connectivity index (χ4v) is 3.58. The number of aromatic nitrogens is 2. The lowest BCUT2D eigenvalue weighted by Crippen LogP contribution is -2.47. The molecule has 7 nitrogen and oxygen atoms in total. The van der Waals surface area contributed by atoms with E-state index in [4.69, 9.17) is 5.73 Å². The summed E-state index contributed by atoms with van der Waals surface area (Å²) in [5.74, 6) is -1.05. The summed E-state index contributed by atoms with van der Waals surface area (Å²) in [5, 5.41) is 7.53. The summed E-state index contributed by atoms with van der Waals surface area (Å²) in [5.41, 5.74) is 7.27. The fraction of sp³-hybridized carbons (Fsp3) is 0.450. The SMILES string of the molecule is CCCC(CC)NC(=O)N1CCn2nc(-c3cccc(F)c3)c(C(N)=O)c2C1. The number of nitrogens with zero attached hydrogens (tertiary/aromatic N) is 3. The zero-order chi connectivity index (χ0) is 20.3. The number of nitrogens with two attached hydrogens (primary N) is 1. The Hall–Kier alpha value is -2.90. The normalized spacial score (nSPS) is 14.5. The van der Waals surface area contributed by atoms with E-state index in [0.717, 1.165) is 19.3 Å². The first-order valence-electron chi connectivity index (χ1n) is 9.65. The molecule has 3 N–H and O–H groups in total. The smallest absolute Gasteiger partial charge is 0.318 e. The number of nitrogens with one attached hydrogen (secondary N) is 1. The first kappa shape index (κ1) is 19.9. The third-order valence-corrected chi connectivity index (χ3v) is 5.07. The number of hydrogen-bond donors (Lipinski definition) is 2. The maximum Gasteiger partial charge on any atom is 0.318 e. The van der Waals surface area contributed by atoms with Crippen LogP contribution in [0, 0.1) is 5.82 Å². The number of hydrogen-bond acceptors (Lipinski definition) is 3. The number of carbonyl (C=O) groups is 2. The number of halogens is 1. The van der Waals surface area contributed by atoms with Gasteiger partial charge in [0.05, 0.1) is 24.3 Å². The number of rotatable bonds is 6. The Morgan fingerprint density at radius 3 is 2.75 bits per heavy atom. The van der Waals surface area contributed by atoms with Crippen LogP contribution < -0.4 is 11.1 Å². The molecule has 0 fully saturated rings. The number of primary amides is 1. The molecule has 0 saturated heterocycles. The van der Waals surface area contributed by atoms with Crippen LogP contribution in [0.1, 0.15) is 49.2 Å². The molecule has 150 valence electrons. The van der Waals surface area contributed by atoms with Crippen molar-refractivity contribution in [2.24, 2.45) is 5.73 Å². The van der Waals surface area contributed by atoms with Gasteiger partial charge in [0.25, 0.3) is 5.91 Å². The first-order valence-corrected chi connectivity index (χ1v) is 9.65. The maximum absolute atomic E-state index is 13.6. The Morgan fingerprint density at radius 1 is 1.32 bits per heavy atom. The average Bonchev–Trinajstić information content (AvgIpc) is 3.06. The Kier molecular flexibility index (Phi) is 5.96. The van der Waals surface area contributed by atoms with E-state index >= 15 is 0 Å². The van der Waals surface area contributed by atoms with Crippen LogP contribution in [0.15, 0.2) is 24.3 Å². The predicted molar refractivity (Wildman–Crippen MR) is 104 cm³/mol. The van der Waals surface area contributed by atoms with Crippen LogP contribution >= 0.6 is 0 Å². The van der Waals surface area contributed by atoms with Gasteiger partial charge >= 0.3 is 6.03 Å². The Balaban J connectivity index is 1.88. The van der Waals surface area contributed by atoms with Crippen LogP contribution in [-0.2, 0) is 13.1 Å². The molecule has 0 saturated carbocycles. The molecular weight excluding hydrogens is 361 g/mol. The van der Waals surface area contributed by atoms with E-state index in [1.165, 1.54) is 12.1 Å². The highest BCUT2D eigenvalue weighted by molar-refractivity contribution is 6.00. The maximum atomic E-state index is 13.6. The van der Waals surface area contributed by atoms with E-state index in [-0.39, 0.29) is 24.2 Å². The summed E-state index contributed by atoms with van der Waals surface area (Å²) in [6, 6.07) is 5.87. The van der Waals surface area contributed by atoms with Gasteiger partial charge in [-0.05, 0) is 25.0 Å². The van der Waals surface area contributed by atoms with Crippen molar-refractivity contribution in [2.75, 3.05) is 6.54 Å². The van der Waals surface area contributed by atoms with Crippen molar-refractivity contribution in [1.29, 1.82) is 0 Å². The zero-order valence-electron chi connectivity index (χ0n) is 16.2. The van der Waals surface area contributed by atoms with E-state index in [1.807, 2.05) is 6.92 Å². The largest absolute Gasteiger partial charge is 0.365 e. The second kappa shape index (κ2) is 8.41. The lowest BCUT2D eigenvalue weighted by atomic mass is 10.0. The summed E-state index contributed by atoms with van der Waals surface area (Å²) in [6.07, 6.45) is 2.78. The van der Waals surface area contributed by atoms with Gasteiger partial charge in [0.15, 0.2) is 0 Å². The van der Waals surface area contributed by atoms with Gasteiger partial charge in [-0.1, -0.05) is 32.4 Å². The van der Waals surface area contributed by atoms with Crippen LogP contribution in [0.3, 0.4) is 0 Å². The van der Waals surface area contributed by atoms with Crippen molar-refractivity contribution in [3.63, 3.8) is 0 Å². The molecule has 3 rings (SSSR count). The first-order chi connectivity index (χ1) is 13.4. The Labute approximate surface area is 163 Å². The van der Waals surface area contributed by atoms with Gasteiger partial charge in [0.1, 0.15) is 11.5 Å². The number of fused-ring (bicyclic) bond motifs is 1. The Morgan fingerprint density at radius 2 is 2.11 bits per heavy atom. The van der Waals surface area contributed by atoms with Gasteiger partial charge < -0.3 is 16.0 Å². The van der Waals surface area contributed by atoms with Crippen molar-refractivity contribution in [3.8, 4) is 11.3 Å². The second-order valence-corrected chi connectivity index (χ2v) is 7.03. The summed E-state index contributed by atoms with van der Waals surface area (Å²) in [7, 11) is 0. The molecule has 1 aromatic carbocycles. The topological polar surface area (TPSA) is 93.2 Å². The summed E-state index contributed by atoms with van der Waals surface area (Å²) in [6.45, 7) is 5.28. The van der Waals surface area contributed by atoms with Crippen molar-refractivity contribution in [1.82, 2.24) is 20.0 Å². The quantitative estimate of drug-likeness (QED) is 0.798. The fourth-order valence-electron chi connectivity index (χ4n) is 3.58. The summed E-state index contributed by atoms with van der Waals surface area (Å²) >= 11 is 0. The molecule has 0 radical (unpaired) electrons. The molecule has 0 spiro atoms. The van der Waals surface area contributed by atoms with E-state index in [9.17, 15) is 14.0 Å². The predicted octanol–water partition coefficient (Wildman–Crippen LogP) is 2.89. The molecular formula is C20H26FN5O2. The second-order valence-electron chi connectivity index (χ2n) is 7.03. The third kappa shape index (κ3) is 4.00. The molecule has 2 heterocycles. The van der Waals surface area contributed by atoms with Crippen LogP contribution in [0.4, 0.5) is 9.18 Å². The lowest BCUT2D eigenvalue weighted by molar-refractivity contribution is 0.0997. The number of urea groups is 1. The number of benzene rings is 1. The highest BCUT2D eigenvalue weighted by atomic mass is 19.1. The lowest BCUT2D eigenvalue weighted by Gasteiger charge is -2.30. The van der Waals surface area contributed by atoms with Gasteiger partial charge in [-0.15, -0.1) is 0 Å². The zero-order valence-corrected chi connectivity index (χ0v) is 16.2. The molecule has 0 bridgehead atoms. The molecule has 28 heavy (non-hydrogen) atoms. The average molecular weight is 387 g/mol. The molecule has 3 amide bonds. The molecule has 1 aliphatic heterocycles. The van der Waals surface area contributed by atoms with Gasteiger partial charge in [-0.3, -0.25) is 9.48 Å². The molecule has 1 unspecified atom stereocenters. The van der Waals surface area contributed by atoms with E-state index < -0.39 is 11.7 Å². The van der Waals surface area contributed by atoms with E-state index in [1.54, 1.807) is 21.7 Å². The number of carbonyl (C=O) groups excluding carboxylic acids is 2. The third-order valence-electron chi connectivity index (χ3n) is 5.07. The minimum Gasteiger partial charge on any atom is -0.365 e. The van der Waals surface area contributed by atoms with Crippen molar-refractivity contribution in [3.05, 3.63) is 41.3 Å². The van der Waals surface area contributed by atoms with Crippen LogP contribution in [-0.4, -0.2) is 39.2 Å². The van der Waals surface area contributed by atoms with E-state index in [0.29, 0.717) is 30.0 Å². The summed E-state index contributed by atoms with van der Waals surface area (Å²) < 4.78 is 15.3.